The van der Waals surface area contributed by atoms with Crippen LogP contribution in [-0.2, 0) is 88.8 Å². The Labute approximate surface area is 228 Å². The van der Waals surface area contributed by atoms with Crippen molar-refractivity contribution in [2.75, 3.05) is 24.0 Å². The molecule has 0 aromatic carbocycles. The smallest absolute Gasteiger partial charge is 0.759 e. The van der Waals surface area contributed by atoms with Crippen LogP contribution in [-0.4, -0.2) is 83.1 Å². The first-order chi connectivity index (χ1) is 12.4. The molecule has 0 spiro atoms. The average molecular weight is 685 g/mol. The Hall–Kier alpha value is 1.17. The van der Waals surface area contributed by atoms with Crippen LogP contribution in [0.25, 0.3) is 0 Å². The Morgan fingerprint density at radius 3 is 0.968 bits per heavy atom. The largest absolute Gasteiger partial charge is 2.00 e. The van der Waals surface area contributed by atoms with E-state index in [1.807, 2.05) is 12.5 Å². The second-order valence-electron chi connectivity index (χ2n) is 4.23. The first-order valence-electron chi connectivity index (χ1n) is 6.60. The average Bonchev–Trinajstić information content (AvgIpc) is 2.47. The summed E-state index contributed by atoms with van der Waals surface area (Å²) in [5.41, 5.74) is 10.3. The number of carbonyl (C=O) groups is 2. The van der Waals surface area contributed by atoms with Crippen molar-refractivity contribution in [2.24, 2.45) is 11.5 Å². The standard InChI is InChI=1S/2C5H11NO2S.2H2O4S.3Zn/c2*1-9-3-2-4(6)5(7)8;2*1-5(2,3)4;;;/h2*4H,2-3,6H2,1H3,(H,7,8);2*(H2,1,2,3,4);;;/q;;;;3*+2/p-6/t2*4-;;;;;/m00...../s1. The summed E-state index contributed by atoms with van der Waals surface area (Å²) in [5, 5.41) is 19.9. The maximum absolute atomic E-state index is 9.96. The molecule has 0 heterocycles. The zero-order valence-corrected chi connectivity index (χ0v) is 29.0. The van der Waals surface area contributed by atoms with Crippen LogP contribution in [0, 0.1) is 0 Å². The molecule has 0 saturated carbocycles. The molecule has 0 radical (unpaired) electrons. The van der Waals surface area contributed by atoms with E-state index in [1.54, 1.807) is 23.5 Å². The van der Waals surface area contributed by atoms with E-state index in [9.17, 15) is 19.8 Å². The van der Waals surface area contributed by atoms with Gasteiger partial charge in [0.1, 0.15) is 0 Å². The van der Waals surface area contributed by atoms with E-state index in [0.29, 0.717) is 12.8 Å². The second-order valence-corrected chi connectivity index (χ2v) is 7.83. The van der Waals surface area contributed by atoms with E-state index >= 15 is 0 Å². The molecule has 0 saturated heterocycles. The first-order valence-corrected chi connectivity index (χ1v) is 12.1. The second kappa shape index (κ2) is 29.2. The van der Waals surface area contributed by atoms with Crippen molar-refractivity contribution >= 4 is 56.3 Å². The summed E-state index contributed by atoms with van der Waals surface area (Å²) < 4.78 is 68.2. The fraction of sp³-hybridized carbons (Fsp3) is 0.800. The molecule has 21 heteroatoms. The van der Waals surface area contributed by atoms with Crippen molar-refractivity contribution in [3.63, 3.8) is 0 Å². The SMILES string of the molecule is CSCC[C@H](N)C(=O)[O-].CSCC[C@H](N)C(=O)[O-].O=S(=O)([O-])[O-].O=S(=O)([O-])[O-].[Zn+2].[Zn+2].[Zn+2]. The van der Waals surface area contributed by atoms with Crippen LogP contribution in [0.5, 0.6) is 0 Å². The van der Waals surface area contributed by atoms with Crippen molar-refractivity contribution in [3.05, 3.63) is 0 Å². The number of aliphatic carboxylic acids is 2. The van der Waals surface area contributed by atoms with E-state index < -0.39 is 44.8 Å². The van der Waals surface area contributed by atoms with Gasteiger partial charge in [-0.1, -0.05) is 0 Å². The molecule has 0 fully saturated rings. The van der Waals surface area contributed by atoms with Gasteiger partial charge in [0, 0.05) is 32.9 Å². The minimum absolute atomic E-state index is 0. The van der Waals surface area contributed by atoms with Gasteiger partial charge in [0.05, 0.1) is 11.9 Å². The van der Waals surface area contributed by atoms with Gasteiger partial charge in [-0.05, 0) is 36.9 Å². The van der Waals surface area contributed by atoms with E-state index in [2.05, 4.69) is 0 Å². The summed E-state index contributed by atoms with van der Waals surface area (Å²) in [6, 6.07) is -1.59. The summed E-state index contributed by atoms with van der Waals surface area (Å²) in [4.78, 5) is 19.9. The molecule has 2 atom stereocenters. The van der Waals surface area contributed by atoms with Crippen LogP contribution in [0.4, 0.5) is 0 Å². The number of nitrogens with two attached hydrogens (primary N) is 2. The van der Waals surface area contributed by atoms with E-state index in [-0.39, 0.29) is 58.4 Å². The molecule has 31 heavy (non-hydrogen) atoms. The van der Waals surface area contributed by atoms with Gasteiger partial charge >= 0.3 is 58.4 Å². The number of hydrogen-bond donors (Lipinski definition) is 2. The molecule has 0 aliphatic carbocycles. The quantitative estimate of drug-likeness (QED) is 0.137. The fourth-order valence-corrected chi connectivity index (χ4v) is 1.70. The molecule has 0 amide bonds. The number of carboxylic acid groups (broad SMARTS) is 2. The predicted octanol–water partition coefficient (Wildman–Crippen LogP) is -5.05. The maximum Gasteiger partial charge on any atom is 2.00 e. The maximum atomic E-state index is 9.96. The molecule has 172 valence electrons. The number of carboxylic acids is 2. The molecule has 0 rings (SSSR count). The number of hydrogen-bond acceptors (Lipinski definition) is 16. The third-order valence-electron chi connectivity index (χ3n) is 1.87. The molecule has 0 unspecified atom stereocenters. The fourth-order valence-electron chi connectivity index (χ4n) is 0.725. The summed E-state index contributed by atoms with van der Waals surface area (Å²) in [7, 11) is -10.3. The summed E-state index contributed by atoms with van der Waals surface area (Å²) in [6.45, 7) is 0. The first kappa shape index (κ1) is 49.3. The Morgan fingerprint density at radius 2 is 0.871 bits per heavy atom. The van der Waals surface area contributed by atoms with E-state index in [0.717, 1.165) is 11.5 Å². The van der Waals surface area contributed by atoms with Crippen LogP contribution in [0.1, 0.15) is 12.8 Å². The normalized spacial score (nSPS) is 11.4. The minimum atomic E-state index is -5.17. The number of carbonyl (C=O) groups excluding carboxylic acids is 2. The van der Waals surface area contributed by atoms with E-state index in [4.69, 9.17) is 46.5 Å². The summed E-state index contributed by atoms with van der Waals surface area (Å²) in [6.07, 6.45) is 4.79. The molecule has 4 N–H and O–H groups in total. The van der Waals surface area contributed by atoms with Crippen molar-refractivity contribution in [1.82, 2.24) is 0 Å². The van der Waals surface area contributed by atoms with Crippen molar-refractivity contribution < 1.29 is 113 Å². The van der Waals surface area contributed by atoms with Crippen molar-refractivity contribution in [1.29, 1.82) is 0 Å². The zero-order chi connectivity index (χ0) is 23.6. The predicted molar refractivity (Wildman–Crippen MR) is 92.9 cm³/mol. The van der Waals surface area contributed by atoms with Gasteiger partial charge in [-0.3, -0.25) is 16.8 Å². The van der Waals surface area contributed by atoms with Gasteiger partial charge in [-0.15, -0.1) is 0 Å². The third kappa shape index (κ3) is 90.0. The van der Waals surface area contributed by atoms with Gasteiger partial charge in [-0.2, -0.15) is 23.5 Å². The molecule has 0 aliphatic heterocycles. The zero-order valence-electron chi connectivity index (χ0n) is 16.8. The van der Waals surface area contributed by atoms with Gasteiger partial charge < -0.3 is 49.5 Å². The number of thioether (sulfide) groups is 2. The van der Waals surface area contributed by atoms with Crippen LogP contribution >= 0.6 is 23.5 Å². The molecule has 0 bridgehead atoms. The van der Waals surface area contributed by atoms with Gasteiger partial charge in [0.2, 0.25) is 0 Å². The monoisotopic (exact) mass is 680 g/mol. The van der Waals surface area contributed by atoms with Crippen LogP contribution in [0.2, 0.25) is 0 Å². The Morgan fingerprint density at radius 1 is 0.710 bits per heavy atom. The summed E-state index contributed by atoms with van der Waals surface area (Å²) in [5.74, 6) is -0.780. The van der Waals surface area contributed by atoms with Crippen LogP contribution in [0.3, 0.4) is 0 Å². The van der Waals surface area contributed by atoms with E-state index in [1.165, 1.54) is 0 Å². The molecule has 0 aromatic heterocycles. The Bertz CT molecular complexity index is 554. The van der Waals surface area contributed by atoms with Crippen molar-refractivity contribution in [3.8, 4) is 0 Å². The van der Waals surface area contributed by atoms with Gasteiger partial charge in [0.15, 0.2) is 0 Å². The molecular formula is C10H20N2O12S4Zn3. The Kier molecular flexibility index (Phi) is 46.5. The molecule has 0 aliphatic rings. The molecule has 14 nitrogen and oxygen atoms in total. The summed E-state index contributed by atoms with van der Waals surface area (Å²) >= 11 is 3.15. The van der Waals surface area contributed by atoms with Crippen LogP contribution < -0.4 is 21.7 Å². The number of rotatable bonds is 8. The molecular weight excluding hydrogens is 665 g/mol. The minimum Gasteiger partial charge on any atom is -0.759 e. The van der Waals surface area contributed by atoms with Crippen LogP contribution in [0.15, 0.2) is 0 Å². The van der Waals surface area contributed by atoms with Crippen molar-refractivity contribution in [2.45, 2.75) is 24.9 Å². The Balaban J connectivity index is -0.0000000497. The third-order valence-corrected chi connectivity index (χ3v) is 3.16. The molecule has 0 aromatic rings. The van der Waals surface area contributed by atoms with Gasteiger partial charge in [-0.25, -0.2) is 0 Å². The van der Waals surface area contributed by atoms with Gasteiger partial charge in [0.25, 0.3) is 0 Å². The topological polar surface area (TPSA) is 293 Å².